The Balaban J connectivity index is 1.70. The largest absolute Gasteiger partial charge is 0.507 e. The fraction of sp³-hybridized carbons (Fsp3) is 0.333. The van der Waals surface area contributed by atoms with Crippen LogP contribution in [0.25, 0.3) is 0 Å². The molecule has 3 rings (SSSR count). The molecule has 2 aromatic carbocycles. The second kappa shape index (κ2) is 10.1. The fourth-order valence-electron chi connectivity index (χ4n) is 3.43. The molecule has 0 spiro atoms. The lowest BCUT2D eigenvalue weighted by molar-refractivity contribution is -0.385. The van der Waals surface area contributed by atoms with Gasteiger partial charge in [0.05, 0.1) is 16.9 Å². The van der Waals surface area contributed by atoms with Crippen molar-refractivity contribution in [3.8, 4) is 11.5 Å². The molecule has 1 amide bonds. The lowest BCUT2D eigenvalue weighted by Crippen LogP contribution is -2.28. The van der Waals surface area contributed by atoms with E-state index in [1.807, 2.05) is 0 Å². The zero-order valence-corrected chi connectivity index (χ0v) is 19.3. The summed E-state index contributed by atoms with van der Waals surface area (Å²) in [4.78, 5) is 35.0. The Morgan fingerprint density at radius 3 is 2.50 bits per heavy atom. The number of nitro groups is 1. The van der Waals surface area contributed by atoms with Gasteiger partial charge in [0.1, 0.15) is 11.3 Å². The van der Waals surface area contributed by atoms with Gasteiger partial charge in [0.2, 0.25) is 10.0 Å². The van der Waals surface area contributed by atoms with Gasteiger partial charge in [-0.15, -0.1) is 0 Å². The van der Waals surface area contributed by atoms with Crippen molar-refractivity contribution < 1.29 is 37.5 Å². The molecule has 0 unspecified atom stereocenters. The number of rotatable bonds is 8. The molecule has 0 aromatic heterocycles. The third kappa shape index (κ3) is 5.26. The number of methoxy groups -OCH3 is 1. The topological polar surface area (TPSA) is 165 Å². The van der Waals surface area contributed by atoms with Crippen LogP contribution in [0.5, 0.6) is 11.5 Å². The second-order valence-corrected chi connectivity index (χ2v) is 9.45. The van der Waals surface area contributed by atoms with Gasteiger partial charge in [-0.1, -0.05) is 0 Å². The third-order valence-corrected chi connectivity index (χ3v) is 7.12. The Bertz CT molecular complexity index is 1240. The fourth-order valence-corrected chi connectivity index (χ4v) is 4.97. The van der Waals surface area contributed by atoms with Gasteiger partial charge in [-0.05, 0) is 43.5 Å². The van der Waals surface area contributed by atoms with E-state index in [2.05, 4.69) is 5.32 Å². The molecule has 12 nitrogen and oxygen atoms in total. The zero-order valence-electron chi connectivity index (χ0n) is 18.4. The number of aromatic hydroxyl groups is 1. The van der Waals surface area contributed by atoms with Crippen LogP contribution in [0, 0.1) is 17.0 Å². The van der Waals surface area contributed by atoms with Gasteiger partial charge in [0, 0.05) is 30.9 Å². The molecular weight excluding hydrogens is 470 g/mol. The van der Waals surface area contributed by atoms with E-state index < -0.39 is 44.7 Å². The Morgan fingerprint density at radius 2 is 1.88 bits per heavy atom. The maximum atomic E-state index is 12.7. The van der Waals surface area contributed by atoms with Gasteiger partial charge >= 0.3 is 11.7 Å². The van der Waals surface area contributed by atoms with Crippen molar-refractivity contribution in [1.82, 2.24) is 4.31 Å². The minimum absolute atomic E-state index is 0.0659. The molecule has 1 heterocycles. The number of hydrogen-bond acceptors (Lipinski definition) is 9. The Morgan fingerprint density at radius 1 is 1.21 bits per heavy atom. The molecule has 0 bridgehead atoms. The number of phenolic OH excluding ortho intramolecular Hbond substituents is 1. The van der Waals surface area contributed by atoms with Gasteiger partial charge < -0.3 is 19.9 Å². The predicted octanol–water partition coefficient (Wildman–Crippen LogP) is 2.20. The number of esters is 1. The quantitative estimate of drug-likeness (QED) is 0.318. The smallest absolute Gasteiger partial charge is 0.342 e. The number of ether oxygens (including phenoxy) is 2. The van der Waals surface area contributed by atoms with E-state index in [0.29, 0.717) is 18.7 Å². The Labute approximate surface area is 195 Å². The molecule has 1 aliphatic heterocycles. The van der Waals surface area contributed by atoms with E-state index in [1.54, 1.807) is 6.92 Å². The molecule has 1 saturated heterocycles. The Hall–Kier alpha value is -3.71. The molecule has 13 heteroatoms. The number of nitrogens with one attached hydrogen (secondary N) is 1. The van der Waals surface area contributed by atoms with Crippen molar-refractivity contribution >= 4 is 33.3 Å². The number of sulfonamides is 1. The summed E-state index contributed by atoms with van der Waals surface area (Å²) in [5.41, 5.74) is -0.0837. The highest BCUT2D eigenvalue weighted by atomic mass is 32.2. The maximum absolute atomic E-state index is 12.7. The van der Waals surface area contributed by atoms with E-state index in [9.17, 15) is 33.2 Å². The minimum Gasteiger partial charge on any atom is -0.507 e. The molecule has 0 radical (unpaired) electrons. The third-order valence-electron chi connectivity index (χ3n) is 5.22. The molecule has 2 N–H and O–H groups in total. The lowest BCUT2D eigenvalue weighted by Gasteiger charge is -2.16. The summed E-state index contributed by atoms with van der Waals surface area (Å²) in [5.74, 6) is -2.41. The van der Waals surface area contributed by atoms with Crippen molar-refractivity contribution in [3.05, 3.63) is 51.6 Å². The van der Waals surface area contributed by atoms with E-state index in [0.717, 1.165) is 25.0 Å². The maximum Gasteiger partial charge on any atom is 0.342 e. The molecule has 0 aliphatic carbocycles. The number of carbonyl (C=O) groups is 2. The van der Waals surface area contributed by atoms with E-state index in [-0.39, 0.29) is 22.0 Å². The molecular formula is C21H23N3O9S. The summed E-state index contributed by atoms with van der Waals surface area (Å²) in [5, 5.41) is 23.6. The van der Waals surface area contributed by atoms with E-state index in [1.165, 1.54) is 29.6 Å². The van der Waals surface area contributed by atoms with Crippen LogP contribution in [-0.4, -0.2) is 61.4 Å². The molecule has 1 fully saturated rings. The highest BCUT2D eigenvalue weighted by Crippen LogP contribution is 2.33. The van der Waals surface area contributed by atoms with Crippen molar-refractivity contribution in [3.63, 3.8) is 0 Å². The second-order valence-electron chi connectivity index (χ2n) is 7.51. The van der Waals surface area contributed by atoms with Crippen molar-refractivity contribution in [1.29, 1.82) is 0 Å². The van der Waals surface area contributed by atoms with Gasteiger partial charge in [-0.2, -0.15) is 4.31 Å². The van der Waals surface area contributed by atoms with Crippen LogP contribution in [0.2, 0.25) is 0 Å². The average molecular weight is 493 g/mol. The molecule has 1 aliphatic rings. The van der Waals surface area contributed by atoms with Gasteiger partial charge in [0.25, 0.3) is 5.91 Å². The first-order chi connectivity index (χ1) is 16.0. The first-order valence-corrected chi connectivity index (χ1v) is 11.6. The van der Waals surface area contributed by atoms with Crippen LogP contribution < -0.4 is 10.1 Å². The van der Waals surface area contributed by atoms with Crippen LogP contribution in [0.15, 0.2) is 35.2 Å². The van der Waals surface area contributed by atoms with Crippen LogP contribution >= 0.6 is 0 Å². The molecule has 0 atom stereocenters. The molecule has 182 valence electrons. The summed E-state index contributed by atoms with van der Waals surface area (Å²) < 4.78 is 36.6. The first kappa shape index (κ1) is 24.9. The summed E-state index contributed by atoms with van der Waals surface area (Å²) >= 11 is 0. The van der Waals surface area contributed by atoms with E-state index >= 15 is 0 Å². The lowest BCUT2D eigenvalue weighted by atomic mass is 10.1. The zero-order chi connectivity index (χ0) is 25.0. The van der Waals surface area contributed by atoms with Crippen molar-refractivity contribution in [2.45, 2.75) is 24.7 Å². The number of phenols is 1. The summed E-state index contributed by atoms with van der Waals surface area (Å²) in [6.07, 6.45) is 1.48. The van der Waals surface area contributed by atoms with Gasteiger partial charge in [-0.3, -0.25) is 14.9 Å². The predicted molar refractivity (Wildman–Crippen MR) is 119 cm³/mol. The number of anilines is 1. The minimum atomic E-state index is -3.83. The Kier molecular flexibility index (Phi) is 7.37. The van der Waals surface area contributed by atoms with Gasteiger partial charge in [-0.25, -0.2) is 13.2 Å². The average Bonchev–Trinajstić information content (AvgIpc) is 3.34. The number of aryl methyl sites for hydroxylation is 1. The van der Waals surface area contributed by atoms with Crippen LogP contribution in [-0.2, 0) is 19.6 Å². The van der Waals surface area contributed by atoms with Crippen LogP contribution in [0.4, 0.5) is 11.4 Å². The monoisotopic (exact) mass is 493 g/mol. The number of amides is 1. The summed E-state index contributed by atoms with van der Waals surface area (Å²) in [6.45, 7) is 1.53. The SMILES string of the molecule is COc1cc(NC(=O)COC(=O)c2cc(S(=O)(=O)N3CCCC3)ccc2O)c(C)cc1[N+](=O)[O-]. The van der Waals surface area contributed by atoms with Crippen molar-refractivity contribution in [2.24, 2.45) is 0 Å². The highest BCUT2D eigenvalue weighted by Gasteiger charge is 2.29. The summed E-state index contributed by atoms with van der Waals surface area (Å²) in [7, 11) is -2.58. The van der Waals surface area contributed by atoms with Gasteiger partial charge in [0.15, 0.2) is 12.4 Å². The molecule has 2 aromatic rings. The number of nitrogens with zero attached hydrogens (tertiary/aromatic N) is 2. The number of hydrogen-bond donors (Lipinski definition) is 2. The number of carbonyl (C=O) groups excluding carboxylic acids is 2. The van der Waals surface area contributed by atoms with E-state index in [4.69, 9.17) is 9.47 Å². The standard InChI is InChI=1S/C21H23N3O9S/c1-13-9-17(24(28)29)19(32-2)11-16(13)22-20(26)12-33-21(27)15-10-14(5-6-18(15)25)34(30,31)23-7-3-4-8-23/h5-6,9-11,25H,3-4,7-8,12H2,1-2H3,(H,22,26). The number of nitro benzene ring substituents is 1. The molecule has 0 saturated carbocycles. The van der Waals surface area contributed by atoms with Crippen LogP contribution in [0.1, 0.15) is 28.8 Å². The van der Waals surface area contributed by atoms with Crippen molar-refractivity contribution in [2.75, 3.05) is 32.1 Å². The van der Waals surface area contributed by atoms with Crippen LogP contribution in [0.3, 0.4) is 0 Å². The molecule has 34 heavy (non-hydrogen) atoms. The number of benzene rings is 2. The normalized spacial score (nSPS) is 13.9. The first-order valence-electron chi connectivity index (χ1n) is 10.2. The summed E-state index contributed by atoms with van der Waals surface area (Å²) in [6, 6.07) is 5.77. The highest BCUT2D eigenvalue weighted by molar-refractivity contribution is 7.89.